The Morgan fingerprint density at radius 1 is 1.18 bits per heavy atom. The van der Waals surface area contributed by atoms with Crippen LogP contribution in [-0.4, -0.2) is 20.1 Å². The summed E-state index contributed by atoms with van der Waals surface area (Å²) in [5, 5.41) is 2.96. The molecular formula is C13H22N2O2. The van der Waals surface area contributed by atoms with Gasteiger partial charge in [0, 0.05) is 20.1 Å². The molecule has 1 aromatic carbocycles. The lowest BCUT2D eigenvalue weighted by Gasteiger charge is -2.27. The molecule has 0 unspecified atom stereocenters. The van der Waals surface area contributed by atoms with Crippen molar-refractivity contribution in [2.75, 3.05) is 30.4 Å². The molecule has 0 aliphatic rings. The van der Waals surface area contributed by atoms with Crippen molar-refractivity contribution < 1.29 is 0 Å². The van der Waals surface area contributed by atoms with Crippen LogP contribution >= 0.6 is 0 Å². The van der Waals surface area contributed by atoms with E-state index in [1.165, 1.54) is 0 Å². The van der Waals surface area contributed by atoms with Gasteiger partial charge in [0.05, 0.1) is 0 Å². The van der Waals surface area contributed by atoms with Gasteiger partial charge in [-0.1, -0.05) is 20.8 Å². The predicted molar refractivity (Wildman–Crippen MR) is 72.9 cm³/mol. The van der Waals surface area contributed by atoms with Crippen LogP contribution in [0.2, 0.25) is 0 Å². The van der Waals surface area contributed by atoms with Crippen molar-refractivity contribution in [2.45, 2.75) is 34.1 Å². The first-order chi connectivity index (χ1) is 7.78. The number of nitrogens with zero attached hydrogens (tertiary/aromatic N) is 1. The van der Waals surface area contributed by atoms with E-state index < -0.39 is 0 Å². The molecule has 0 atom stereocenters. The quantitative estimate of drug-likeness (QED) is 0.791. The molecule has 4 nitrogen and oxygen atoms in total. The Labute approximate surface area is 102 Å². The van der Waals surface area contributed by atoms with Crippen molar-refractivity contribution in [1.29, 1.82) is 0 Å². The molecule has 0 aliphatic heterocycles. The van der Waals surface area contributed by atoms with Crippen LogP contribution in [0, 0.1) is 5.41 Å². The number of hydrogen-bond acceptors (Lipinski definition) is 4. The molecule has 0 heterocycles. The molecule has 0 aromatic heterocycles. The van der Waals surface area contributed by atoms with Crippen LogP contribution in [0.25, 0.3) is 0 Å². The Bertz CT molecular complexity index is 450. The summed E-state index contributed by atoms with van der Waals surface area (Å²) in [5.41, 5.74) is 0.501. The molecule has 0 amide bonds. The van der Waals surface area contributed by atoms with Crippen molar-refractivity contribution in [3.05, 3.63) is 20.4 Å². The minimum Gasteiger partial charge on any atom is -0.380 e. The predicted octanol–water partition coefficient (Wildman–Crippen LogP) is 1.59. The maximum Gasteiger partial charge on any atom is 0.253 e. The highest BCUT2D eigenvalue weighted by Crippen LogP contribution is 2.23. The second-order valence-corrected chi connectivity index (χ2v) is 5.64. The lowest BCUT2D eigenvalue weighted by Crippen LogP contribution is -2.42. The van der Waals surface area contributed by atoms with E-state index in [0.29, 0.717) is 17.9 Å². The largest absolute Gasteiger partial charge is 0.380 e. The minimum atomic E-state index is -0.385. The Hall–Kier alpha value is -1.32. The van der Waals surface area contributed by atoms with E-state index >= 15 is 0 Å². The first-order valence-corrected chi connectivity index (χ1v) is 6.06. The Kier molecular flexibility index (Phi) is 3.96. The van der Waals surface area contributed by atoms with Gasteiger partial charge in [0.15, 0.2) is 0 Å². The molecule has 0 bridgehead atoms. The number of rotatable bonds is 5. The van der Waals surface area contributed by atoms with Crippen molar-refractivity contribution >= 4 is 11.4 Å². The molecule has 96 valence electrons. The van der Waals surface area contributed by atoms with E-state index in [1.54, 1.807) is 0 Å². The zero-order valence-electron chi connectivity index (χ0n) is 11.4. The SMILES string of the molecule is CCNc1c(N(C)CCC(C)(C)C)c(=O)c1=O. The third-order valence-corrected chi connectivity index (χ3v) is 2.82. The monoisotopic (exact) mass is 238 g/mol. The normalized spacial score (nSPS) is 11.8. The third kappa shape index (κ3) is 3.08. The first-order valence-electron chi connectivity index (χ1n) is 6.06. The fraction of sp³-hybridized carbons (Fsp3) is 0.692. The summed E-state index contributed by atoms with van der Waals surface area (Å²) in [6.07, 6.45) is 0.980. The maximum absolute atomic E-state index is 11.5. The summed E-state index contributed by atoms with van der Waals surface area (Å²) in [6.45, 7) is 9.84. The van der Waals surface area contributed by atoms with E-state index in [0.717, 1.165) is 13.0 Å². The van der Waals surface area contributed by atoms with Gasteiger partial charge in [-0.15, -0.1) is 0 Å². The lowest BCUT2D eigenvalue weighted by atomic mass is 9.92. The van der Waals surface area contributed by atoms with Crippen LogP contribution in [0.3, 0.4) is 0 Å². The van der Waals surface area contributed by atoms with Crippen LogP contribution in [0.5, 0.6) is 0 Å². The van der Waals surface area contributed by atoms with Gasteiger partial charge in [0.25, 0.3) is 10.9 Å². The van der Waals surface area contributed by atoms with Crippen LogP contribution in [0.1, 0.15) is 34.1 Å². The summed E-state index contributed by atoms with van der Waals surface area (Å²) >= 11 is 0. The van der Waals surface area contributed by atoms with E-state index in [4.69, 9.17) is 0 Å². The van der Waals surface area contributed by atoms with Crippen LogP contribution < -0.4 is 21.1 Å². The van der Waals surface area contributed by atoms with E-state index in [2.05, 4.69) is 26.1 Å². The number of hydrogen-bond donors (Lipinski definition) is 1. The average Bonchev–Trinajstić information content (AvgIpc) is 2.24. The smallest absolute Gasteiger partial charge is 0.253 e. The Morgan fingerprint density at radius 2 is 1.76 bits per heavy atom. The van der Waals surface area contributed by atoms with Crippen molar-refractivity contribution in [2.24, 2.45) is 5.41 Å². The second kappa shape index (κ2) is 4.90. The van der Waals surface area contributed by atoms with Crippen LogP contribution in [0.4, 0.5) is 11.4 Å². The first kappa shape index (κ1) is 13.7. The van der Waals surface area contributed by atoms with Gasteiger partial charge in [-0.3, -0.25) is 9.59 Å². The third-order valence-electron chi connectivity index (χ3n) is 2.82. The molecule has 0 saturated carbocycles. The van der Waals surface area contributed by atoms with Crippen molar-refractivity contribution in [3.8, 4) is 0 Å². The number of nitrogens with one attached hydrogen (secondary N) is 1. The standard InChI is InChI=1S/C13H22N2O2/c1-6-14-9-10(12(17)11(9)16)15(5)8-7-13(2,3)4/h14H,6-8H2,1-5H3. The highest BCUT2D eigenvalue weighted by Gasteiger charge is 2.24. The Morgan fingerprint density at radius 3 is 2.24 bits per heavy atom. The lowest BCUT2D eigenvalue weighted by molar-refractivity contribution is 0.381. The van der Waals surface area contributed by atoms with Crippen LogP contribution in [-0.2, 0) is 0 Å². The zero-order valence-corrected chi connectivity index (χ0v) is 11.4. The molecule has 0 spiro atoms. The molecule has 0 aliphatic carbocycles. The highest BCUT2D eigenvalue weighted by molar-refractivity contribution is 5.74. The summed E-state index contributed by atoms with van der Waals surface area (Å²) in [4.78, 5) is 24.8. The second-order valence-electron chi connectivity index (χ2n) is 5.64. The van der Waals surface area contributed by atoms with Gasteiger partial charge in [-0.2, -0.15) is 0 Å². The molecule has 0 radical (unpaired) electrons. The fourth-order valence-corrected chi connectivity index (χ4v) is 1.70. The maximum atomic E-state index is 11.5. The molecular weight excluding hydrogens is 216 g/mol. The summed E-state index contributed by atoms with van der Waals surface area (Å²) < 4.78 is 0. The van der Waals surface area contributed by atoms with Gasteiger partial charge in [-0.25, -0.2) is 0 Å². The average molecular weight is 238 g/mol. The fourth-order valence-electron chi connectivity index (χ4n) is 1.70. The molecule has 17 heavy (non-hydrogen) atoms. The highest BCUT2D eigenvalue weighted by atomic mass is 16.2. The number of anilines is 2. The zero-order chi connectivity index (χ0) is 13.2. The summed E-state index contributed by atoms with van der Waals surface area (Å²) in [5.74, 6) is 0. The summed E-state index contributed by atoms with van der Waals surface area (Å²) in [6, 6.07) is 0. The molecule has 1 rings (SSSR count). The topological polar surface area (TPSA) is 49.4 Å². The van der Waals surface area contributed by atoms with Crippen molar-refractivity contribution in [1.82, 2.24) is 0 Å². The van der Waals surface area contributed by atoms with E-state index in [9.17, 15) is 9.59 Å². The summed E-state index contributed by atoms with van der Waals surface area (Å²) in [7, 11) is 1.86. The molecule has 4 heteroatoms. The van der Waals surface area contributed by atoms with Gasteiger partial charge in [-0.05, 0) is 18.8 Å². The van der Waals surface area contributed by atoms with Gasteiger partial charge in [0.2, 0.25) is 0 Å². The minimum absolute atomic E-state index is 0.226. The molecule has 0 fully saturated rings. The molecule has 1 N–H and O–H groups in total. The van der Waals surface area contributed by atoms with Gasteiger partial charge >= 0.3 is 0 Å². The Balaban J connectivity index is 2.76. The molecule has 0 saturated heterocycles. The van der Waals surface area contributed by atoms with Crippen molar-refractivity contribution in [3.63, 3.8) is 0 Å². The molecule has 1 aromatic rings. The van der Waals surface area contributed by atoms with Crippen LogP contribution in [0.15, 0.2) is 9.59 Å². The van der Waals surface area contributed by atoms with E-state index in [-0.39, 0.29) is 16.3 Å². The van der Waals surface area contributed by atoms with Gasteiger partial charge < -0.3 is 10.2 Å². The van der Waals surface area contributed by atoms with Gasteiger partial charge in [0.1, 0.15) is 11.4 Å². The van der Waals surface area contributed by atoms with E-state index in [1.807, 2.05) is 18.9 Å².